The molecule has 3 N–H and O–H groups in total. The first kappa shape index (κ1) is 12.0. The lowest BCUT2D eigenvalue weighted by Gasteiger charge is -2.18. The van der Waals surface area contributed by atoms with E-state index in [-0.39, 0.29) is 12.1 Å². The molecule has 1 aromatic rings. The van der Waals surface area contributed by atoms with Crippen molar-refractivity contribution in [3.05, 3.63) is 35.1 Å². The Morgan fingerprint density at radius 1 is 1.20 bits per heavy atom. The summed E-state index contributed by atoms with van der Waals surface area (Å²) in [6.45, 7) is 1.71. The largest absolute Gasteiger partial charge is 0.388 e. The molecule has 0 radical (unpaired) electrons. The molecule has 2 nitrogen and oxygen atoms in total. The second-order valence-corrected chi connectivity index (χ2v) is 3.45. The van der Waals surface area contributed by atoms with Crippen LogP contribution in [0.2, 0.25) is 0 Å². The van der Waals surface area contributed by atoms with Gasteiger partial charge in [0.25, 0.3) is 0 Å². The first-order valence-corrected chi connectivity index (χ1v) is 4.50. The number of rotatable bonds is 3. The van der Waals surface area contributed by atoms with Crippen LogP contribution in [-0.4, -0.2) is 11.7 Å². The molecule has 0 saturated carbocycles. The molecule has 0 bridgehead atoms. The molecular formula is C10H12F3NO. The van der Waals surface area contributed by atoms with Crippen molar-refractivity contribution >= 4 is 0 Å². The normalized spacial score (nSPS) is 15.1. The summed E-state index contributed by atoms with van der Waals surface area (Å²) in [6, 6.07) is 1.07. The van der Waals surface area contributed by atoms with Crippen molar-refractivity contribution in [2.24, 2.45) is 11.7 Å². The van der Waals surface area contributed by atoms with Gasteiger partial charge < -0.3 is 10.8 Å². The SMILES string of the molecule is CC(CN)C(O)c1cc(F)c(F)cc1F. The van der Waals surface area contributed by atoms with Crippen LogP contribution in [0, 0.1) is 23.4 Å². The molecule has 0 amide bonds. The predicted octanol–water partition coefficient (Wildman–Crippen LogP) is 1.73. The maximum Gasteiger partial charge on any atom is 0.161 e. The molecule has 0 aliphatic rings. The molecule has 2 unspecified atom stereocenters. The third-order valence-corrected chi connectivity index (χ3v) is 2.27. The number of aliphatic hydroxyl groups is 1. The van der Waals surface area contributed by atoms with E-state index in [9.17, 15) is 18.3 Å². The Morgan fingerprint density at radius 2 is 1.73 bits per heavy atom. The second kappa shape index (κ2) is 4.63. The van der Waals surface area contributed by atoms with Gasteiger partial charge in [0.05, 0.1) is 6.10 Å². The Morgan fingerprint density at radius 3 is 2.27 bits per heavy atom. The zero-order valence-electron chi connectivity index (χ0n) is 8.17. The second-order valence-electron chi connectivity index (χ2n) is 3.45. The van der Waals surface area contributed by atoms with E-state index in [1.54, 1.807) is 6.92 Å². The molecule has 0 spiro atoms. The van der Waals surface area contributed by atoms with Gasteiger partial charge in [-0.15, -0.1) is 0 Å². The van der Waals surface area contributed by atoms with E-state index in [1.165, 1.54) is 0 Å². The molecule has 0 aliphatic heterocycles. The van der Waals surface area contributed by atoms with E-state index in [1.807, 2.05) is 0 Å². The lowest BCUT2D eigenvalue weighted by Crippen LogP contribution is -2.20. The first-order valence-electron chi connectivity index (χ1n) is 4.50. The number of benzene rings is 1. The lowest BCUT2D eigenvalue weighted by molar-refractivity contribution is 0.117. The third-order valence-electron chi connectivity index (χ3n) is 2.27. The Kier molecular flexibility index (Phi) is 3.71. The first-order chi connectivity index (χ1) is 6.97. The summed E-state index contributed by atoms with van der Waals surface area (Å²) in [6.07, 6.45) is -1.23. The van der Waals surface area contributed by atoms with Crippen LogP contribution in [-0.2, 0) is 0 Å². The summed E-state index contributed by atoms with van der Waals surface area (Å²) in [4.78, 5) is 0. The molecule has 5 heteroatoms. The molecular weight excluding hydrogens is 207 g/mol. The fourth-order valence-electron chi connectivity index (χ4n) is 1.20. The summed E-state index contributed by atoms with van der Waals surface area (Å²) in [5.41, 5.74) is 5.01. The molecule has 0 saturated heterocycles. The van der Waals surface area contributed by atoms with Crippen LogP contribution in [0.1, 0.15) is 18.6 Å². The summed E-state index contributed by atoms with van der Waals surface area (Å²) in [5.74, 6) is -3.86. The van der Waals surface area contributed by atoms with E-state index < -0.39 is 29.5 Å². The highest BCUT2D eigenvalue weighted by atomic mass is 19.2. The highest BCUT2D eigenvalue weighted by Gasteiger charge is 2.21. The number of nitrogens with two attached hydrogens (primary N) is 1. The average Bonchev–Trinajstić information content (AvgIpc) is 2.21. The van der Waals surface area contributed by atoms with Gasteiger partial charge in [-0.25, -0.2) is 13.2 Å². The Labute approximate surface area is 85.5 Å². The molecule has 1 aromatic carbocycles. The standard InChI is InChI=1S/C10H12F3NO/c1-5(4-14)10(15)6-2-8(12)9(13)3-7(6)11/h2-3,5,10,15H,4,14H2,1H3. The van der Waals surface area contributed by atoms with E-state index in [0.717, 1.165) is 0 Å². The Hall–Kier alpha value is -1.07. The van der Waals surface area contributed by atoms with Gasteiger partial charge in [0.15, 0.2) is 11.6 Å². The molecule has 2 atom stereocenters. The summed E-state index contributed by atoms with van der Waals surface area (Å²) < 4.78 is 38.6. The highest BCUT2D eigenvalue weighted by Crippen LogP contribution is 2.25. The van der Waals surface area contributed by atoms with Crippen LogP contribution < -0.4 is 5.73 Å². The number of halogens is 3. The smallest absolute Gasteiger partial charge is 0.161 e. The van der Waals surface area contributed by atoms with Crippen molar-refractivity contribution in [2.45, 2.75) is 13.0 Å². The monoisotopic (exact) mass is 219 g/mol. The molecule has 1 rings (SSSR count). The molecule has 84 valence electrons. The molecule has 15 heavy (non-hydrogen) atoms. The maximum absolute atomic E-state index is 13.2. The van der Waals surface area contributed by atoms with Crippen molar-refractivity contribution in [3.63, 3.8) is 0 Å². The zero-order chi connectivity index (χ0) is 11.6. The van der Waals surface area contributed by atoms with Crippen molar-refractivity contribution in [1.82, 2.24) is 0 Å². The zero-order valence-corrected chi connectivity index (χ0v) is 8.17. The van der Waals surface area contributed by atoms with Crippen LogP contribution in [0.25, 0.3) is 0 Å². The minimum Gasteiger partial charge on any atom is -0.388 e. The van der Waals surface area contributed by atoms with Gasteiger partial charge in [0.1, 0.15) is 5.82 Å². The Balaban J connectivity index is 3.09. The Bertz CT molecular complexity index is 357. The van der Waals surface area contributed by atoms with E-state index in [0.29, 0.717) is 12.1 Å². The topological polar surface area (TPSA) is 46.2 Å². The van der Waals surface area contributed by atoms with Crippen LogP contribution in [0.3, 0.4) is 0 Å². The third kappa shape index (κ3) is 2.49. The van der Waals surface area contributed by atoms with Crippen LogP contribution in [0.5, 0.6) is 0 Å². The molecule has 0 heterocycles. The van der Waals surface area contributed by atoms with E-state index in [2.05, 4.69) is 0 Å². The van der Waals surface area contributed by atoms with Gasteiger partial charge >= 0.3 is 0 Å². The molecule has 0 aliphatic carbocycles. The maximum atomic E-state index is 13.2. The van der Waals surface area contributed by atoms with Gasteiger partial charge in [-0.3, -0.25) is 0 Å². The van der Waals surface area contributed by atoms with Crippen LogP contribution in [0.15, 0.2) is 12.1 Å². The lowest BCUT2D eigenvalue weighted by atomic mass is 9.97. The van der Waals surface area contributed by atoms with Crippen molar-refractivity contribution in [1.29, 1.82) is 0 Å². The van der Waals surface area contributed by atoms with E-state index >= 15 is 0 Å². The van der Waals surface area contributed by atoms with Crippen molar-refractivity contribution in [2.75, 3.05) is 6.54 Å². The van der Waals surface area contributed by atoms with Gasteiger partial charge in [0, 0.05) is 11.6 Å². The predicted molar refractivity (Wildman–Crippen MR) is 49.5 cm³/mol. The number of hydrogen-bond acceptors (Lipinski definition) is 2. The van der Waals surface area contributed by atoms with Crippen molar-refractivity contribution in [3.8, 4) is 0 Å². The van der Waals surface area contributed by atoms with Gasteiger partial charge in [-0.2, -0.15) is 0 Å². The average molecular weight is 219 g/mol. The fourth-order valence-corrected chi connectivity index (χ4v) is 1.20. The summed E-state index contributed by atoms with van der Waals surface area (Å²) in [5, 5.41) is 9.58. The van der Waals surface area contributed by atoms with Gasteiger partial charge in [-0.05, 0) is 18.5 Å². The van der Waals surface area contributed by atoms with Crippen LogP contribution in [0.4, 0.5) is 13.2 Å². The molecule has 0 fully saturated rings. The minimum absolute atomic E-state index is 0.125. The highest BCUT2D eigenvalue weighted by molar-refractivity contribution is 5.22. The van der Waals surface area contributed by atoms with Gasteiger partial charge in [0.2, 0.25) is 0 Å². The van der Waals surface area contributed by atoms with Crippen LogP contribution >= 0.6 is 0 Å². The molecule has 0 aromatic heterocycles. The van der Waals surface area contributed by atoms with E-state index in [4.69, 9.17) is 5.73 Å². The fraction of sp³-hybridized carbons (Fsp3) is 0.400. The van der Waals surface area contributed by atoms with Gasteiger partial charge in [-0.1, -0.05) is 6.92 Å². The summed E-state index contributed by atoms with van der Waals surface area (Å²) in [7, 11) is 0. The minimum atomic E-state index is -1.27. The van der Waals surface area contributed by atoms with Crippen molar-refractivity contribution < 1.29 is 18.3 Å². The quantitative estimate of drug-likeness (QED) is 0.760. The summed E-state index contributed by atoms with van der Waals surface area (Å²) >= 11 is 0. The number of hydrogen-bond donors (Lipinski definition) is 2. The number of aliphatic hydroxyl groups excluding tert-OH is 1.